The lowest BCUT2D eigenvalue weighted by atomic mass is 9.74. The second-order valence-corrected chi connectivity index (χ2v) is 9.30. The van der Waals surface area contributed by atoms with Crippen LogP contribution in [0.2, 0.25) is 0 Å². The third-order valence-corrected chi connectivity index (χ3v) is 7.11. The van der Waals surface area contributed by atoms with Gasteiger partial charge in [-0.05, 0) is 42.5 Å². The van der Waals surface area contributed by atoms with Crippen LogP contribution < -0.4 is 4.90 Å². The lowest BCUT2D eigenvalue weighted by Gasteiger charge is -2.43. The van der Waals surface area contributed by atoms with Crippen molar-refractivity contribution in [3.8, 4) is 6.07 Å². The van der Waals surface area contributed by atoms with Gasteiger partial charge in [0.1, 0.15) is 0 Å². The van der Waals surface area contributed by atoms with Crippen LogP contribution in [0.5, 0.6) is 0 Å². The minimum atomic E-state index is -4.60. The summed E-state index contributed by atoms with van der Waals surface area (Å²) < 4.78 is 46.0. The van der Waals surface area contributed by atoms with Crippen LogP contribution >= 0.6 is 0 Å². The maximum absolute atomic E-state index is 13.5. The summed E-state index contributed by atoms with van der Waals surface area (Å²) in [5, 5.41) is 9.10. The van der Waals surface area contributed by atoms with Crippen molar-refractivity contribution in [3.05, 3.63) is 65.2 Å². The van der Waals surface area contributed by atoms with Crippen LogP contribution in [0.25, 0.3) is 0 Å². The molecule has 34 heavy (non-hydrogen) atoms. The number of nitriles is 1. The zero-order chi connectivity index (χ0) is 24.3. The number of nitrogens with zero attached hydrogens (tertiary/aromatic N) is 3. The SMILES string of the molecule is COC[C@@]12CN(C(=O)CCc3ccccc3)CC[C@@H]1CN(c1ccc(C#N)c(C(F)(F)F)c1)C2. The molecule has 2 aliphatic heterocycles. The fourth-order valence-corrected chi connectivity index (χ4v) is 5.40. The number of benzene rings is 2. The molecule has 0 bridgehead atoms. The quantitative estimate of drug-likeness (QED) is 0.622. The predicted molar refractivity (Wildman–Crippen MR) is 122 cm³/mol. The summed E-state index contributed by atoms with van der Waals surface area (Å²) in [4.78, 5) is 16.8. The van der Waals surface area contributed by atoms with E-state index in [9.17, 15) is 18.0 Å². The number of hydrogen-bond acceptors (Lipinski definition) is 4. The van der Waals surface area contributed by atoms with Crippen molar-refractivity contribution in [2.75, 3.05) is 44.8 Å². The van der Waals surface area contributed by atoms with Gasteiger partial charge < -0.3 is 14.5 Å². The predicted octanol–water partition coefficient (Wildman–Crippen LogP) is 4.51. The number of aryl methyl sites for hydroxylation is 1. The lowest BCUT2D eigenvalue weighted by Crippen LogP contribution is -2.53. The molecule has 0 N–H and O–H groups in total. The Morgan fingerprint density at radius 3 is 2.65 bits per heavy atom. The maximum atomic E-state index is 13.5. The molecule has 2 fully saturated rings. The van der Waals surface area contributed by atoms with Crippen LogP contribution in [0.4, 0.5) is 18.9 Å². The van der Waals surface area contributed by atoms with Gasteiger partial charge in [-0.15, -0.1) is 0 Å². The van der Waals surface area contributed by atoms with Crippen LogP contribution in [0.1, 0.15) is 29.5 Å². The van der Waals surface area contributed by atoms with Gasteiger partial charge in [-0.3, -0.25) is 4.79 Å². The van der Waals surface area contributed by atoms with E-state index in [1.54, 1.807) is 19.2 Å². The number of fused-ring (bicyclic) bond motifs is 1. The van der Waals surface area contributed by atoms with E-state index in [-0.39, 0.29) is 22.8 Å². The molecule has 0 aliphatic carbocycles. The Morgan fingerprint density at radius 1 is 1.21 bits per heavy atom. The minimum absolute atomic E-state index is 0.0916. The summed E-state index contributed by atoms with van der Waals surface area (Å²) in [5.74, 6) is 0.296. The molecule has 1 amide bonds. The lowest BCUT2D eigenvalue weighted by molar-refractivity contribution is -0.138. The molecule has 8 heteroatoms. The van der Waals surface area contributed by atoms with Crippen molar-refractivity contribution >= 4 is 11.6 Å². The van der Waals surface area contributed by atoms with Gasteiger partial charge in [0.15, 0.2) is 0 Å². The number of halogens is 3. The van der Waals surface area contributed by atoms with E-state index in [0.717, 1.165) is 18.1 Å². The van der Waals surface area contributed by atoms with Gasteiger partial charge in [-0.1, -0.05) is 30.3 Å². The molecule has 0 spiro atoms. The smallest absolute Gasteiger partial charge is 0.384 e. The number of methoxy groups -OCH3 is 1. The van der Waals surface area contributed by atoms with Crippen LogP contribution in [0, 0.1) is 22.7 Å². The normalized spacial score (nSPS) is 22.4. The van der Waals surface area contributed by atoms with Gasteiger partial charge in [0.25, 0.3) is 0 Å². The van der Waals surface area contributed by atoms with Crippen molar-refractivity contribution in [2.24, 2.45) is 11.3 Å². The minimum Gasteiger partial charge on any atom is -0.384 e. The number of amides is 1. The number of carbonyl (C=O) groups is 1. The van der Waals surface area contributed by atoms with Crippen molar-refractivity contribution in [3.63, 3.8) is 0 Å². The molecule has 2 heterocycles. The number of ether oxygens (including phenoxy) is 1. The zero-order valence-electron chi connectivity index (χ0n) is 19.1. The van der Waals surface area contributed by atoms with E-state index in [1.165, 1.54) is 6.07 Å². The first-order chi connectivity index (χ1) is 16.3. The Bertz CT molecular complexity index is 1070. The summed E-state index contributed by atoms with van der Waals surface area (Å²) in [6.45, 7) is 2.69. The summed E-state index contributed by atoms with van der Waals surface area (Å²) in [7, 11) is 1.62. The van der Waals surface area contributed by atoms with Crippen LogP contribution in [0.15, 0.2) is 48.5 Å². The average Bonchev–Trinajstić information content (AvgIpc) is 3.21. The standard InChI is InChI=1S/C26H28F3N3O2/c1-34-18-25-16-31(24(33)10-7-19-5-3-2-4-6-19)12-11-21(25)15-32(17-25)22-9-8-20(14-30)23(13-22)26(27,28)29/h2-6,8-9,13,21H,7,10-12,15-18H2,1H3/t21-,25+/m1/s1. The number of alkyl halides is 3. The van der Waals surface area contributed by atoms with E-state index in [1.807, 2.05) is 40.1 Å². The monoisotopic (exact) mass is 471 g/mol. The number of anilines is 1. The van der Waals surface area contributed by atoms with Gasteiger partial charge in [0.2, 0.25) is 5.91 Å². The molecule has 180 valence electrons. The molecule has 2 aliphatic rings. The average molecular weight is 472 g/mol. The molecular formula is C26H28F3N3O2. The highest BCUT2D eigenvalue weighted by molar-refractivity contribution is 5.76. The Labute approximate surface area is 197 Å². The first-order valence-electron chi connectivity index (χ1n) is 11.4. The first kappa shape index (κ1) is 24.1. The fraction of sp³-hybridized carbons (Fsp3) is 0.462. The summed E-state index contributed by atoms with van der Waals surface area (Å²) >= 11 is 0. The Hall–Kier alpha value is -3.05. The Morgan fingerprint density at radius 2 is 1.97 bits per heavy atom. The second-order valence-electron chi connectivity index (χ2n) is 9.30. The van der Waals surface area contributed by atoms with E-state index < -0.39 is 11.7 Å². The first-order valence-corrected chi connectivity index (χ1v) is 11.4. The van der Waals surface area contributed by atoms with Gasteiger partial charge >= 0.3 is 6.18 Å². The molecule has 0 unspecified atom stereocenters. The molecule has 4 rings (SSSR count). The summed E-state index contributed by atoms with van der Waals surface area (Å²) in [5.41, 5.74) is -0.0822. The van der Waals surface area contributed by atoms with Crippen LogP contribution in [-0.4, -0.2) is 50.7 Å². The molecular weight excluding hydrogens is 443 g/mol. The molecule has 5 nitrogen and oxygen atoms in total. The highest BCUT2D eigenvalue weighted by atomic mass is 19.4. The van der Waals surface area contributed by atoms with Crippen molar-refractivity contribution in [2.45, 2.75) is 25.4 Å². The van der Waals surface area contributed by atoms with E-state index in [2.05, 4.69) is 0 Å². The number of rotatable bonds is 6. The largest absolute Gasteiger partial charge is 0.417 e. The highest BCUT2D eigenvalue weighted by Crippen LogP contribution is 2.45. The number of hydrogen-bond donors (Lipinski definition) is 0. The van der Waals surface area contributed by atoms with Gasteiger partial charge in [0.05, 0.1) is 23.8 Å². The summed E-state index contributed by atoms with van der Waals surface area (Å²) in [6.07, 6.45) is -2.72. The van der Waals surface area contributed by atoms with Crippen molar-refractivity contribution < 1.29 is 22.7 Å². The molecule has 0 saturated carbocycles. The van der Waals surface area contributed by atoms with E-state index >= 15 is 0 Å². The number of carbonyl (C=O) groups excluding carboxylic acids is 1. The Balaban J connectivity index is 1.51. The van der Waals surface area contributed by atoms with Crippen LogP contribution in [0.3, 0.4) is 0 Å². The summed E-state index contributed by atoms with van der Waals surface area (Å²) in [6, 6.07) is 15.4. The third-order valence-electron chi connectivity index (χ3n) is 7.11. The topological polar surface area (TPSA) is 56.6 Å². The Kier molecular flexibility index (Phi) is 6.85. The fourth-order valence-electron chi connectivity index (χ4n) is 5.40. The molecule has 2 atom stereocenters. The molecule has 2 aromatic carbocycles. The van der Waals surface area contributed by atoms with E-state index in [4.69, 9.17) is 10.00 Å². The third kappa shape index (κ3) is 4.90. The highest BCUT2D eigenvalue weighted by Gasteiger charge is 2.51. The number of piperidine rings is 1. The van der Waals surface area contributed by atoms with Gasteiger partial charge in [0, 0.05) is 50.8 Å². The second kappa shape index (κ2) is 9.67. The van der Waals surface area contributed by atoms with Crippen molar-refractivity contribution in [1.29, 1.82) is 5.26 Å². The molecule has 2 aromatic rings. The van der Waals surface area contributed by atoms with Crippen molar-refractivity contribution in [1.82, 2.24) is 4.90 Å². The van der Waals surface area contributed by atoms with Gasteiger partial charge in [-0.2, -0.15) is 18.4 Å². The molecule has 0 radical (unpaired) electrons. The molecule has 0 aromatic heterocycles. The number of likely N-dealkylation sites (tertiary alicyclic amines) is 1. The maximum Gasteiger partial charge on any atom is 0.417 e. The van der Waals surface area contributed by atoms with E-state index in [0.29, 0.717) is 51.3 Å². The van der Waals surface area contributed by atoms with Crippen LogP contribution in [-0.2, 0) is 22.1 Å². The van der Waals surface area contributed by atoms with Gasteiger partial charge in [-0.25, -0.2) is 0 Å². The zero-order valence-corrected chi connectivity index (χ0v) is 19.1. The molecule has 2 saturated heterocycles.